The van der Waals surface area contributed by atoms with E-state index in [1.807, 2.05) is 26.8 Å². The lowest BCUT2D eigenvalue weighted by Gasteiger charge is -2.18. The predicted molar refractivity (Wildman–Crippen MR) is 76.5 cm³/mol. The second kappa shape index (κ2) is 9.98. The van der Waals surface area contributed by atoms with Gasteiger partial charge in [-0.15, -0.1) is 0 Å². The van der Waals surface area contributed by atoms with E-state index in [0.717, 1.165) is 6.42 Å². The van der Waals surface area contributed by atoms with Gasteiger partial charge in [0.15, 0.2) is 0 Å². The lowest BCUT2D eigenvalue weighted by atomic mass is 10.1. The first kappa shape index (κ1) is 17.0. The van der Waals surface area contributed by atoms with Crippen molar-refractivity contribution in [3.05, 3.63) is 12.3 Å². The fraction of sp³-hybridized carbons (Fsp3) is 0.800. The molecule has 0 aromatic carbocycles. The van der Waals surface area contributed by atoms with E-state index in [0.29, 0.717) is 0 Å². The molecule has 0 fully saturated rings. The van der Waals surface area contributed by atoms with Gasteiger partial charge in [-0.3, -0.25) is 5.32 Å². The maximum absolute atomic E-state index is 11.3. The number of amides is 1. The highest BCUT2D eigenvalue weighted by Crippen LogP contribution is 2.07. The minimum absolute atomic E-state index is 0.387. The minimum atomic E-state index is -0.433. The SMILES string of the molecule is CCCCCCCC/C=C/NC(=O)OC(C)(C)C. The number of carbonyl (C=O) groups is 1. The van der Waals surface area contributed by atoms with Crippen LogP contribution in [0.5, 0.6) is 0 Å². The molecule has 0 aliphatic carbocycles. The molecule has 3 heteroatoms. The zero-order valence-electron chi connectivity index (χ0n) is 12.4. The molecule has 0 unspecified atom stereocenters. The van der Waals surface area contributed by atoms with Gasteiger partial charge in [-0.05, 0) is 33.6 Å². The third-order valence-corrected chi connectivity index (χ3v) is 2.44. The van der Waals surface area contributed by atoms with Gasteiger partial charge in [-0.25, -0.2) is 4.79 Å². The summed E-state index contributed by atoms with van der Waals surface area (Å²) >= 11 is 0. The molecule has 18 heavy (non-hydrogen) atoms. The normalized spacial score (nSPS) is 11.8. The number of hydrogen-bond acceptors (Lipinski definition) is 2. The zero-order chi connectivity index (χ0) is 13.9. The Morgan fingerprint density at radius 3 is 2.33 bits per heavy atom. The summed E-state index contributed by atoms with van der Waals surface area (Å²) in [6, 6.07) is 0. The smallest absolute Gasteiger partial charge is 0.411 e. The molecule has 0 aliphatic rings. The number of ether oxygens (including phenoxy) is 1. The monoisotopic (exact) mass is 255 g/mol. The van der Waals surface area contributed by atoms with Crippen LogP contribution in [0.25, 0.3) is 0 Å². The molecular formula is C15H29NO2. The molecule has 0 saturated heterocycles. The fourth-order valence-corrected chi connectivity index (χ4v) is 1.56. The number of alkyl carbamates (subject to hydrolysis) is 1. The van der Waals surface area contributed by atoms with Crippen molar-refractivity contribution in [2.75, 3.05) is 0 Å². The van der Waals surface area contributed by atoms with Crippen LogP contribution in [0.1, 0.15) is 72.6 Å². The number of unbranched alkanes of at least 4 members (excludes halogenated alkanes) is 6. The molecule has 0 spiro atoms. The molecule has 0 rings (SSSR count). The molecule has 0 saturated carbocycles. The van der Waals surface area contributed by atoms with Crippen molar-refractivity contribution in [2.24, 2.45) is 0 Å². The molecule has 3 nitrogen and oxygen atoms in total. The van der Waals surface area contributed by atoms with Crippen molar-refractivity contribution in [3.63, 3.8) is 0 Å². The van der Waals surface area contributed by atoms with E-state index < -0.39 is 5.60 Å². The second-order valence-corrected chi connectivity index (χ2v) is 5.61. The van der Waals surface area contributed by atoms with E-state index in [1.165, 1.54) is 38.5 Å². The van der Waals surface area contributed by atoms with Crippen LogP contribution < -0.4 is 5.32 Å². The summed E-state index contributed by atoms with van der Waals surface area (Å²) in [5.41, 5.74) is -0.433. The highest BCUT2D eigenvalue weighted by molar-refractivity contribution is 5.68. The van der Waals surface area contributed by atoms with Crippen LogP contribution >= 0.6 is 0 Å². The molecule has 1 amide bonds. The van der Waals surface area contributed by atoms with Crippen molar-refractivity contribution in [3.8, 4) is 0 Å². The molecule has 0 radical (unpaired) electrons. The molecule has 106 valence electrons. The molecule has 0 aromatic rings. The Bertz CT molecular complexity index is 241. The van der Waals surface area contributed by atoms with Gasteiger partial charge in [0.1, 0.15) is 5.60 Å². The van der Waals surface area contributed by atoms with Gasteiger partial charge in [-0.2, -0.15) is 0 Å². The van der Waals surface area contributed by atoms with Crippen molar-refractivity contribution in [1.29, 1.82) is 0 Å². The summed E-state index contributed by atoms with van der Waals surface area (Å²) < 4.78 is 5.11. The summed E-state index contributed by atoms with van der Waals surface area (Å²) in [4.78, 5) is 11.3. The van der Waals surface area contributed by atoms with Gasteiger partial charge in [-0.1, -0.05) is 45.1 Å². The standard InChI is InChI=1S/C15H29NO2/c1-5-6-7-8-9-10-11-12-13-16-14(17)18-15(2,3)4/h12-13H,5-11H2,1-4H3,(H,16,17)/b13-12+. The first-order valence-corrected chi connectivity index (χ1v) is 7.10. The van der Waals surface area contributed by atoms with E-state index in [-0.39, 0.29) is 6.09 Å². The number of carbonyl (C=O) groups excluding carboxylic acids is 1. The van der Waals surface area contributed by atoms with Gasteiger partial charge >= 0.3 is 6.09 Å². The lowest BCUT2D eigenvalue weighted by Crippen LogP contribution is -2.29. The Balaban J connectivity index is 3.40. The Labute approximate surface area is 112 Å². The van der Waals surface area contributed by atoms with Crippen LogP contribution in [-0.4, -0.2) is 11.7 Å². The molecule has 0 aliphatic heterocycles. The maximum Gasteiger partial charge on any atom is 0.411 e. The summed E-state index contributed by atoms with van der Waals surface area (Å²) in [5.74, 6) is 0. The minimum Gasteiger partial charge on any atom is -0.444 e. The summed E-state index contributed by atoms with van der Waals surface area (Å²) in [6.07, 6.45) is 12.1. The number of allylic oxidation sites excluding steroid dienone is 1. The van der Waals surface area contributed by atoms with Crippen molar-refractivity contribution < 1.29 is 9.53 Å². The van der Waals surface area contributed by atoms with Crippen LogP contribution in [0.2, 0.25) is 0 Å². The second-order valence-electron chi connectivity index (χ2n) is 5.61. The molecular weight excluding hydrogens is 226 g/mol. The predicted octanol–water partition coefficient (Wildman–Crippen LogP) is 4.78. The number of hydrogen-bond donors (Lipinski definition) is 1. The van der Waals surface area contributed by atoms with Gasteiger partial charge in [0, 0.05) is 6.20 Å². The lowest BCUT2D eigenvalue weighted by molar-refractivity contribution is 0.0552. The third kappa shape index (κ3) is 13.1. The maximum atomic E-state index is 11.3. The summed E-state index contributed by atoms with van der Waals surface area (Å²) in [7, 11) is 0. The Hall–Kier alpha value is -0.990. The van der Waals surface area contributed by atoms with Crippen LogP contribution in [0.15, 0.2) is 12.3 Å². The van der Waals surface area contributed by atoms with Crippen LogP contribution in [-0.2, 0) is 4.74 Å². The summed E-state index contributed by atoms with van der Waals surface area (Å²) in [6.45, 7) is 7.79. The highest BCUT2D eigenvalue weighted by Gasteiger charge is 2.14. The Kier molecular flexibility index (Phi) is 9.43. The van der Waals surface area contributed by atoms with Gasteiger partial charge in [0.05, 0.1) is 0 Å². The summed E-state index contributed by atoms with van der Waals surface area (Å²) in [5, 5.41) is 2.61. The van der Waals surface area contributed by atoms with E-state index in [9.17, 15) is 4.79 Å². The molecule has 1 N–H and O–H groups in total. The van der Waals surface area contributed by atoms with E-state index in [1.54, 1.807) is 6.20 Å². The zero-order valence-corrected chi connectivity index (χ0v) is 12.4. The van der Waals surface area contributed by atoms with Crippen LogP contribution in [0.4, 0.5) is 4.79 Å². The first-order valence-electron chi connectivity index (χ1n) is 7.10. The number of rotatable bonds is 8. The van der Waals surface area contributed by atoms with E-state index >= 15 is 0 Å². The molecule has 0 bridgehead atoms. The molecule has 0 atom stereocenters. The third-order valence-electron chi connectivity index (χ3n) is 2.44. The topological polar surface area (TPSA) is 38.3 Å². The molecule has 0 aromatic heterocycles. The largest absolute Gasteiger partial charge is 0.444 e. The highest BCUT2D eigenvalue weighted by atomic mass is 16.6. The Morgan fingerprint density at radius 1 is 1.11 bits per heavy atom. The average Bonchev–Trinajstić information content (AvgIpc) is 2.24. The first-order chi connectivity index (χ1) is 8.45. The van der Waals surface area contributed by atoms with E-state index in [4.69, 9.17) is 4.74 Å². The van der Waals surface area contributed by atoms with Crippen LogP contribution in [0, 0.1) is 0 Å². The van der Waals surface area contributed by atoms with Crippen molar-refractivity contribution >= 4 is 6.09 Å². The number of nitrogens with one attached hydrogen (secondary N) is 1. The van der Waals surface area contributed by atoms with Gasteiger partial charge < -0.3 is 4.74 Å². The van der Waals surface area contributed by atoms with Crippen molar-refractivity contribution in [2.45, 2.75) is 78.2 Å². The quantitative estimate of drug-likeness (QED) is 0.634. The van der Waals surface area contributed by atoms with Gasteiger partial charge in [0.2, 0.25) is 0 Å². The van der Waals surface area contributed by atoms with Crippen molar-refractivity contribution in [1.82, 2.24) is 5.32 Å². The fourth-order valence-electron chi connectivity index (χ4n) is 1.56. The van der Waals surface area contributed by atoms with Gasteiger partial charge in [0.25, 0.3) is 0 Å². The van der Waals surface area contributed by atoms with E-state index in [2.05, 4.69) is 12.2 Å². The molecule has 0 heterocycles. The average molecular weight is 255 g/mol. The van der Waals surface area contributed by atoms with Crippen LogP contribution in [0.3, 0.4) is 0 Å². The Morgan fingerprint density at radius 2 is 1.72 bits per heavy atom.